The first-order chi connectivity index (χ1) is 9.63. The highest BCUT2D eigenvalue weighted by molar-refractivity contribution is 8.00. The fourth-order valence-corrected chi connectivity index (χ4v) is 3.08. The molecule has 2 rings (SSSR count). The maximum absolute atomic E-state index is 11.0. The molecule has 6 nitrogen and oxygen atoms in total. The summed E-state index contributed by atoms with van der Waals surface area (Å²) in [6.45, 7) is 8.00. The molecule has 1 saturated heterocycles. The van der Waals surface area contributed by atoms with Gasteiger partial charge in [0.15, 0.2) is 5.16 Å². The van der Waals surface area contributed by atoms with Crippen LogP contribution in [-0.4, -0.2) is 44.2 Å². The Bertz CT molecular complexity index is 483. The second-order valence-corrected chi connectivity index (χ2v) is 6.17. The molecule has 0 bridgehead atoms. The summed E-state index contributed by atoms with van der Waals surface area (Å²) in [5.74, 6) is 0.497. The average molecular weight is 296 g/mol. The van der Waals surface area contributed by atoms with Gasteiger partial charge < -0.3 is 15.0 Å². The van der Waals surface area contributed by atoms with E-state index in [0.717, 1.165) is 31.8 Å². The number of piperidine rings is 1. The lowest BCUT2D eigenvalue weighted by Gasteiger charge is -2.22. The molecule has 110 valence electrons. The number of aliphatic carboxylic acids is 1. The summed E-state index contributed by atoms with van der Waals surface area (Å²) in [5.41, 5.74) is 0. The predicted octanol–water partition coefficient (Wildman–Crippen LogP) is 1.50. The van der Waals surface area contributed by atoms with Crippen molar-refractivity contribution in [2.75, 3.05) is 13.1 Å². The van der Waals surface area contributed by atoms with Crippen LogP contribution in [0.3, 0.4) is 0 Å². The molecular weight excluding hydrogens is 276 g/mol. The van der Waals surface area contributed by atoms with Crippen LogP contribution >= 0.6 is 11.8 Å². The minimum absolute atomic E-state index is 0.387. The third-order valence-corrected chi connectivity index (χ3v) is 4.46. The van der Waals surface area contributed by atoms with Crippen molar-refractivity contribution in [2.24, 2.45) is 0 Å². The minimum Gasteiger partial charge on any atom is -0.480 e. The highest BCUT2D eigenvalue weighted by Crippen LogP contribution is 2.29. The monoisotopic (exact) mass is 296 g/mol. The summed E-state index contributed by atoms with van der Waals surface area (Å²) in [6, 6.07) is 0. The van der Waals surface area contributed by atoms with Crippen molar-refractivity contribution >= 4 is 17.7 Å². The summed E-state index contributed by atoms with van der Waals surface area (Å²) in [6.07, 6.45) is 3.87. The van der Waals surface area contributed by atoms with Crippen molar-refractivity contribution < 1.29 is 9.90 Å². The number of carbonyl (C=O) groups is 1. The molecular formula is C13H20N4O2S. The van der Waals surface area contributed by atoms with Crippen molar-refractivity contribution in [1.29, 1.82) is 0 Å². The van der Waals surface area contributed by atoms with Crippen molar-refractivity contribution in [3.63, 3.8) is 0 Å². The second-order valence-electron chi connectivity index (χ2n) is 4.86. The summed E-state index contributed by atoms with van der Waals surface area (Å²) in [7, 11) is 0. The molecule has 0 amide bonds. The van der Waals surface area contributed by atoms with Crippen LogP contribution in [0.5, 0.6) is 0 Å². The van der Waals surface area contributed by atoms with Crippen LogP contribution in [0, 0.1) is 0 Å². The fourth-order valence-electron chi connectivity index (χ4n) is 2.28. The van der Waals surface area contributed by atoms with Crippen LogP contribution in [0.1, 0.15) is 31.5 Å². The third-order valence-electron chi connectivity index (χ3n) is 3.39. The van der Waals surface area contributed by atoms with Gasteiger partial charge in [0.2, 0.25) is 0 Å². The zero-order valence-corrected chi connectivity index (χ0v) is 12.4. The summed E-state index contributed by atoms with van der Waals surface area (Å²) in [4.78, 5) is 11.0. The number of aromatic nitrogens is 3. The molecule has 1 atom stereocenters. The molecule has 0 aliphatic carbocycles. The predicted molar refractivity (Wildman–Crippen MR) is 78.0 cm³/mol. The van der Waals surface area contributed by atoms with Crippen molar-refractivity contribution in [2.45, 2.75) is 42.6 Å². The number of hydrogen-bond acceptors (Lipinski definition) is 5. The zero-order valence-electron chi connectivity index (χ0n) is 11.6. The van der Waals surface area contributed by atoms with Gasteiger partial charge in [-0.2, -0.15) is 0 Å². The van der Waals surface area contributed by atoms with Crippen LogP contribution in [0.15, 0.2) is 17.8 Å². The van der Waals surface area contributed by atoms with E-state index in [4.69, 9.17) is 5.11 Å². The van der Waals surface area contributed by atoms with Gasteiger partial charge in [-0.25, -0.2) is 0 Å². The van der Waals surface area contributed by atoms with Crippen LogP contribution < -0.4 is 5.32 Å². The third kappa shape index (κ3) is 3.40. The van der Waals surface area contributed by atoms with Crippen molar-refractivity contribution in [3.8, 4) is 0 Å². The lowest BCUT2D eigenvalue weighted by molar-refractivity contribution is -0.136. The Balaban J connectivity index is 2.21. The molecule has 1 unspecified atom stereocenters. The van der Waals surface area contributed by atoms with E-state index in [9.17, 15) is 4.79 Å². The number of rotatable bonds is 6. The molecule has 0 spiro atoms. The van der Waals surface area contributed by atoms with Gasteiger partial charge >= 0.3 is 5.97 Å². The van der Waals surface area contributed by atoms with Gasteiger partial charge in [-0.1, -0.05) is 17.8 Å². The highest BCUT2D eigenvalue weighted by Gasteiger charge is 2.24. The molecule has 1 aliphatic heterocycles. The van der Waals surface area contributed by atoms with E-state index in [1.54, 1.807) is 13.0 Å². The number of thioether (sulfide) groups is 1. The van der Waals surface area contributed by atoms with Crippen LogP contribution in [0.4, 0.5) is 0 Å². The first-order valence-electron chi connectivity index (χ1n) is 6.77. The van der Waals surface area contributed by atoms with E-state index in [-0.39, 0.29) is 0 Å². The smallest absolute Gasteiger partial charge is 0.316 e. The molecule has 7 heteroatoms. The molecule has 0 radical (unpaired) electrons. The van der Waals surface area contributed by atoms with Gasteiger partial charge in [0.1, 0.15) is 11.1 Å². The van der Waals surface area contributed by atoms with E-state index in [2.05, 4.69) is 22.1 Å². The Morgan fingerprint density at radius 3 is 2.90 bits per heavy atom. The van der Waals surface area contributed by atoms with E-state index >= 15 is 0 Å². The molecule has 2 heterocycles. The molecule has 0 aromatic carbocycles. The van der Waals surface area contributed by atoms with Gasteiger partial charge in [-0.3, -0.25) is 4.79 Å². The van der Waals surface area contributed by atoms with Crippen molar-refractivity contribution in [3.05, 3.63) is 18.5 Å². The molecule has 1 aromatic heterocycles. The molecule has 2 N–H and O–H groups in total. The van der Waals surface area contributed by atoms with Crippen LogP contribution in [0.25, 0.3) is 0 Å². The van der Waals surface area contributed by atoms with Gasteiger partial charge in [-0.05, 0) is 32.9 Å². The summed E-state index contributed by atoms with van der Waals surface area (Å²) in [5, 5.41) is 20.9. The van der Waals surface area contributed by atoms with E-state index in [0.29, 0.717) is 17.6 Å². The number of allylic oxidation sites excluding steroid dienone is 1. The Labute approximate surface area is 122 Å². The number of nitrogens with zero attached hydrogens (tertiary/aromatic N) is 3. The van der Waals surface area contributed by atoms with Crippen molar-refractivity contribution in [1.82, 2.24) is 20.1 Å². The topological polar surface area (TPSA) is 80.0 Å². The molecule has 0 saturated carbocycles. The van der Waals surface area contributed by atoms with E-state index in [1.165, 1.54) is 11.8 Å². The van der Waals surface area contributed by atoms with Gasteiger partial charge in [0, 0.05) is 12.5 Å². The Morgan fingerprint density at radius 1 is 1.60 bits per heavy atom. The summed E-state index contributed by atoms with van der Waals surface area (Å²) < 4.78 is 1.99. The lowest BCUT2D eigenvalue weighted by Crippen LogP contribution is -2.28. The van der Waals surface area contributed by atoms with E-state index < -0.39 is 11.2 Å². The van der Waals surface area contributed by atoms with Gasteiger partial charge in [-0.15, -0.1) is 16.8 Å². The first kappa shape index (κ1) is 15.1. The summed E-state index contributed by atoms with van der Waals surface area (Å²) >= 11 is 1.23. The van der Waals surface area contributed by atoms with Crippen LogP contribution in [0.2, 0.25) is 0 Å². The maximum Gasteiger partial charge on any atom is 0.316 e. The molecule has 20 heavy (non-hydrogen) atoms. The molecule has 1 aliphatic rings. The Morgan fingerprint density at radius 2 is 2.30 bits per heavy atom. The quantitative estimate of drug-likeness (QED) is 0.611. The second kappa shape index (κ2) is 6.90. The molecule has 1 fully saturated rings. The zero-order chi connectivity index (χ0) is 14.5. The number of carboxylic acid groups (broad SMARTS) is 1. The first-order valence-corrected chi connectivity index (χ1v) is 7.65. The number of nitrogens with one attached hydrogen (secondary N) is 1. The Kier molecular flexibility index (Phi) is 5.19. The lowest BCUT2D eigenvalue weighted by atomic mass is 9.97. The SMILES string of the molecule is C=CCn1c(SC(C)C(=O)O)nnc1C1CCNCC1. The number of carboxylic acids is 1. The Hall–Kier alpha value is -1.34. The maximum atomic E-state index is 11.0. The largest absolute Gasteiger partial charge is 0.480 e. The number of hydrogen-bond donors (Lipinski definition) is 2. The average Bonchev–Trinajstić information content (AvgIpc) is 2.83. The molecule has 1 aromatic rings. The fraction of sp³-hybridized carbons (Fsp3) is 0.615. The van der Waals surface area contributed by atoms with Gasteiger partial charge in [0.05, 0.1) is 0 Å². The van der Waals surface area contributed by atoms with E-state index in [1.807, 2.05) is 4.57 Å². The van der Waals surface area contributed by atoms with Gasteiger partial charge in [0.25, 0.3) is 0 Å². The normalized spacial score (nSPS) is 17.9. The standard InChI is InChI=1S/C13H20N4O2S/c1-3-8-17-11(10-4-6-14-7-5-10)15-16-13(17)20-9(2)12(18)19/h3,9-10,14H,1,4-8H2,2H3,(H,18,19). The van der Waals surface area contributed by atoms with Crippen LogP contribution in [-0.2, 0) is 11.3 Å². The highest BCUT2D eigenvalue weighted by atomic mass is 32.2. The minimum atomic E-state index is -0.841.